The maximum Gasteiger partial charge on any atom is 0.103 e. The van der Waals surface area contributed by atoms with Gasteiger partial charge in [-0.25, -0.2) is 4.89 Å². The minimum atomic E-state index is 0.349. The predicted octanol–water partition coefficient (Wildman–Crippen LogP) is 2.92. The standard InChI is InChI=1S/C10H16O2/c1-8-3-5-10(6-4-8)9(2)7-12-11/h11H,1,3-7H2,2H3. The van der Waals surface area contributed by atoms with Gasteiger partial charge in [-0.3, -0.25) is 5.26 Å². The fourth-order valence-electron chi connectivity index (χ4n) is 1.53. The maximum absolute atomic E-state index is 8.27. The number of allylic oxidation sites excluding steroid dienone is 2. The fourth-order valence-corrected chi connectivity index (χ4v) is 1.53. The maximum atomic E-state index is 8.27. The van der Waals surface area contributed by atoms with Crippen LogP contribution >= 0.6 is 0 Å². The van der Waals surface area contributed by atoms with Crippen molar-refractivity contribution in [2.24, 2.45) is 0 Å². The van der Waals surface area contributed by atoms with Crippen molar-refractivity contribution in [2.75, 3.05) is 6.61 Å². The highest BCUT2D eigenvalue weighted by molar-refractivity contribution is 5.19. The van der Waals surface area contributed by atoms with E-state index in [0.29, 0.717) is 6.61 Å². The van der Waals surface area contributed by atoms with E-state index in [0.717, 1.165) is 25.7 Å². The highest BCUT2D eigenvalue weighted by Gasteiger charge is 2.10. The topological polar surface area (TPSA) is 29.5 Å². The quantitative estimate of drug-likeness (QED) is 0.390. The summed E-state index contributed by atoms with van der Waals surface area (Å²) in [5, 5.41) is 8.27. The Morgan fingerprint density at radius 1 is 1.42 bits per heavy atom. The van der Waals surface area contributed by atoms with E-state index in [9.17, 15) is 0 Å². The van der Waals surface area contributed by atoms with E-state index in [-0.39, 0.29) is 0 Å². The highest BCUT2D eigenvalue weighted by Crippen LogP contribution is 2.28. The fraction of sp³-hybridized carbons (Fsp3) is 0.600. The Hall–Kier alpha value is -0.600. The lowest BCUT2D eigenvalue weighted by Gasteiger charge is -2.18. The normalized spacial score (nSPS) is 18.2. The summed E-state index contributed by atoms with van der Waals surface area (Å²) in [5.41, 5.74) is 3.94. The molecule has 0 atom stereocenters. The summed E-state index contributed by atoms with van der Waals surface area (Å²) in [6.45, 7) is 6.31. The second-order valence-electron chi connectivity index (χ2n) is 3.41. The van der Waals surface area contributed by atoms with Crippen LogP contribution in [0.2, 0.25) is 0 Å². The van der Waals surface area contributed by atoms with Crippen LogP contribution in [0.1, 0.15) is 32.6 Å². The third kappa shape index (κ3) is 2.47. The van der Waals surface area contributed by atoms with E-state index in [1.54, 1.807) is 0 Å². The van der Waals surface area contributed by atoms with Crippen LogP contribution in [0.3, 0.4) is 0 Å². The van der Waals surface area contributed by atoms with Crippen molar-refractivity contribution >= 4 is 0 Å². The van der Waals surface area contributed by atoms with Crippen LogP contribution in [0.15, 0.2) is 23.3 Å². The first-order valence-corrected chi connectivity index (χ1v) is 4.34. The van der Waals surface area contributed by atoms with Gasteiger partial charge in [0.1, 0.15) is 6.61 Å². The minimum absolute atomic E-state index is 0.349. The molecule has 0 spiro atoms. The number of hydrogen-bond donors (Lipinski definition) is 1. The van der Waals surface area contributed by atoms with Gasteiger partial charge in [0.05, 0.1) is 0 Å². The Kier molecular flexibility index (Phi) is 3.50. The van der Waals surface area contributed by atoms with Crippen molar-refractivity contribution < 1.29 is 10.1 Å². The van der Waals surface area contributed by atoms with Gasteiger partial charge in [0, 0.05) is 0 Å². The van der Waals surface area contributed by atoms with Gasteiger partial charge in [-0.05, 0) is 38.2 Å². The Labute approximate surface area is 73.5 Å². The molecule has 0 aromatic heterocycles. The van der Waals surface area contributed by atoms with Gasteiger partial charge in [-0.15, -0.1) is 0 Å². The summed E-state index contributed by atoms with van der Waals surface area (Å²) in [6, 6.07) is 0. The van der Waals surface area contributed by atoms with E-state index >= 15 is 0 Å². The SMILES string of the molecule is C=C1CCC(=C(C)COO)CC1. The van der Waals surface area contributed by atoms with E-state index < -0.39 is 0 Å². The van der Waals surface area contributed by atoms with Crippen LogP contribution in [-0.2, 0) is 4.89 Å². The molecule has 1 aliphatic carbocycles. The van der Waals surface area contributed by atoms with Gasteiger partial charge in [0.2, 0.25) is 0 Å². The van der Waals surface area contributed by atoms with E-state index in [2.05, 4.69) is 11.5 Å². The predicted molar refractivity (Wildman–Crippen MR) is 48.9 cm³/mol. The molecule has 1 aliphatic rings. The van der Waals surface area contributed by atoms with Crippen molar-refractivity contribution in [3.05, 3.63) is 23.3 Å². The molecule has 0 aromatic carbocycles. The van der Waals surface area contributed by atoms with Gasteiger partial charge >= 0.3 is 0 Å². The van der Waals surface area contributed by atoms with Crippen LogP contribution in [0, 0.1) is 0 Å². The van der Waals surface area contributed by atoms with Crippen LogP contribution < -0.4 is 0 Å². The Morgan fingerprint density at radius 3 is 2.50 bits per heavy atom. The molecule has 0 bridgehead atoms. The lowest BCUT2D eigenvalue weighted by atomic mass is 9.89. The molecule has 0 radical (unpaired) electrons. The first-order chi connectivity index (χ1) is 5.74. The average Bonchev–Trinajstić information content (AvgIpc) is 2.06. The van der Waals surface area contributed by atoms with Crippen LogP contribution in [0.25, 0.3) is 0 Å². The van der Waals surface area contributed by atoms with Crippen LogP contribution in [0.4, 0.5) is 0 Å². The molecular weight excluding hydrogens is 152 g/mol. The zero-order valence-corrected chi connectivity index (χ0v) is 7.60. The van der Waals surface area contributed by atoms with Crippen LogP contribution in [0.5, 0.6) is 0 Å². The second kappa shape index (κ2) is 4.43. The van der Waals surface area contributed by atoms with Crippen molar-refractivity contribution in [3.63, 3.8) is 0 Å². The Bertz CT molecular complexity index is 192. The number of rotatable bonds is 2. The Morgan fingerprint density at radius 2 is 2.00 bits per heavy atom. The van der Waals surface area contributed by atoms with Crippen molar-refractivity contribution in [3.8, 4) is 0 Å². The van der Waals surface area contributed by atoms with Gasteiger partial charge in [-0.2, -0.15) is 0 Å². The van der Waals surface area contributed by atoms with Gasteiger partial charge in [0.25, 0.3) is 0 Å². The van der Waals surface area contributed by atoms with Gasteiger partial charge in [0.15, 0.2) is 0 Å². The third-order valence-electron chi connectivity index (χ3n) is 2.45. The van der Waals surface area contributed by atoms with E-state index in [1.807, 2.05) is 6.92 Å². The van der Waals surface area contributed by atoms with Gasteiger partial charge < -0.3 is 0 Å². The molecule has 0 heterocycles. The summed E-state index contributed by atoms with van der Waals surface area (Å²) < 4.78 is 0. The molecule has 0 aliphatic heterocycles. The average molecular weight is 168 g/mol. The van der Waals surface area contributed by atoms with Gasteiger partial charge in [-0.1, -0.05) is 17.7 Å². The Balaban J connectivity index is 2.52. The zero-order chi connectivity index (χ0) is 8.97. The summed E-state index contributed by atoms with van der Waals surface area (Å²) in [7, 11) is 0. The molecular formula is C10H16O2. The molecule has 1 saturated carbocycles. The first kappa shape index (κ1) is 9.49. The monoisotopic (exact) mass is 168 g/mol. The smallest absolute Gasteiger partial charge is 0.103 e. The summed E-state index contributed by atoms with van der Waals surface area (Å²) in [5.74, 6) is 0. The molecule has 1 rings (SSSR count). The largest absolute Gasteiger partial charge is 0.251 e. The molecule has 68 valence electrons. The highest BCUT2D eigenvalue weighted by atomic mass is 17.1. The molecule has 0 saturated heterocycles. The second-order valence-corrected chi connectivity index (χ2v) is 3.41. The number of hydrogen-bond acceptors (Lipinski definition) is 2. The molecule has 0 aromatic rings. The van der Waals surface area contributed by atoms with Crippen molar-refractivity contribution in [2.45, 2.75) is 32.6 Å². The molecule has 2 nitrogen and oxygen atoms in total. The van der Waals surface area contributed by atoms with Crippen molar-refractivity contribution in [1.82, 2.24) is 0 Å². The lowest BCUT2D eigenvalue weighted by Crippen LogP contribution is -2.02. The van der Waals surface area contributed by atoms with E-state index in [4.69, 9.17) is 5.26 Å². The molecule has 0 amide bonds. The third-order valence-corrected chi connectivity index (χ3v) is 2.45. The molecule has 2 heteroatoms. The van der Waals surface area contributed by atoms with E-state index in [1.165, 1.54) is 16.7 Å². The summed E-state index contributed by atoms with van der Waals surface area (Å²) in [4.78, 5) is 4.10. The van der Waals surface area contributed by atoms with Crippen LogP contribution in [-0.4, -0.2) is 11.9 Å². The molecule has 12 heavy (non-hydrogen) atoms. The minimum Gasteiger partial charge on any atom is -0.251 e. The molecule has 0 unspecified atom stereocenters. The first-order valence-electron chi connectivity index (χ1n) is 4.34. The molecule has 1 N–H and O–H groups in total. The van der Waals surface area contributed by atoms with Crippen molar-refractivity contribution in [1.29, 1.82) is 0 Å². The molecule has 1 fully saturated rings. The summed E-state index contributed by atoms with van der Waals surface area (Å²) >= 11 is 0. The zero-order valence-electron chi connectivity index (χ0n) is 7.60. The lowest BCUT2D eigenvalue weighted by molar-refractivity contribution is -0.234. The summed E-state index contributed by atoms with van der Waals surface area (Å²) in [6.07, 6.45) is 4.37.